The number of hydrogen-bond donors (Lipinski definition) is 2. The molecule has 0 aliphatic heterocycles. The Bertz CT molecular complexity index is 457. The fourth-order valence-corrected chi connectivity index (χ4v) is 3.06. The molecule has 2 rings (SSSR count). The van der Waals surface area contributed by atoms with Crippen LogP contribution in [-0.2, 0) is 0 Å². The van der Waals surface area contributed by atoms with Crippen LogP contribution in [0.15, 0.2) is 12.1 Å². The minimum Gasteiger partial charge on any atom is -0.388 e. The number of aliphatic hydroxyl groups excluding tert-OH is 1. The van der Waals surface area contributed by atoms with E-state index in [0.717, 1.165) is 18.6 Å². The van der Waals surface area contributed by atoms with E-state index >= 15 is 0 Å². The maximum Gasteiger partial charge on any atom is 0.194 e. The van der Waals surface area contributed by atoms with Gasteiger partial charge >= 0.3 is 0 Å². The fraction of sp³-hybridized carbons (Fsp3) is 0.571. The van der Waals surface area contributed by atoms with Gasteiger partial charge in [0.15, 0.2) is 17.5 Å². The van der Waals surface area contributed by atoms with Crippen LogP contribution in [0.25, 0.3) is 0 Å². The van der Waals surface area contributed by atoms with Crippen LogP contribution in [0.1, 0.15) is 37.9 Å². The molecule has 0 spiro atoms. The van der Waals surface area contributed by atoms with Gasteiger partial charge in [-0.25, -0.2) is 13.2 Å². The third-order valence-corrected chi connectivity index (χ3v) is 4.20. The third kappa shape index (κ3) is 2.49. The van der Waals surface area contributed by atoms with E-state index in [4.69, 9.17) is 5.73 Å². The molecule has 106 valence electrons. The molecule has 1 fully saturated rings. The van der Waals surface area contributed by atoms with Crippen LogP contribution in [0.3, 0.4) is 0 Å². The van der Waals surface area contributed by atoms with Gasteiger partial charge in [-0.05, 0) is 36.5 Å². The van der Waals surface area contributed by atoms with Crippen molar-refractivity contribution in [1.29, 1.82) is 0 Å². The molecule has 1 saturated carbocycles. The molecule has 1 aliphatic rings. The van der Waals surface area contributed by atoms with Crippen LogP contribution in [0, 0.1) is 28.8 Å². The van der Waals surface area contributed by atoms with Crippen molar-refractivity contribution in [3.63, 3.8) is 0 Å². The van der Waals surface area contributed by atoms with E-state index in [9.17, 15) is 18.3 Å². The molecule has 0 saturated heterocycles. The van der Waals surface area contributed by atoms with Crippen molar-refractivity contribution >= 4 is 0 Å². The van der Waals surface area contributed by atoms with Gasteiger partial charge in [0.25, 0.3) is 0 Å². The number of nitrogens with two attached hydrogens (primary N) is 1. The van der Waals surface area contributed by atoms with Crippen molar-refractivity contribution in [3.8, 4) is 0 Å². The number of halogens is 3. The molecule has 1 aliphatic carbocycles. The van der Waals surface area contributed by atoms with Crippen molar-refractivity contribution in [3.05, 3.63) is 35.1 Å². The van der Waals surface area contributed by atoms with Crippen LogP contribution in [0.4, 0.5) is 13.2 Å². The van der Waals surface area contributed by atoms with E-state index in [1.165, 1.54) is 0 Å². The molecule has 1 aromatic carbocycles. The zero-order valence-corrected chi connectivity index (χ0v) is 10.8. The molecule has 3 atom stereocenters. The van der Waals surface area contributed by atoms with E-state index < -0.39 is 29.0 Å². The topological polar surface area (TPSA) is 46.2 Å². The van der Waals surface area contributed by atoms with Crippen molar-refractivity contribution in [1.82, 2.24) is 0 Å². The summed E-state index contributed by atoms with van der Waals surface area (Å²) in [4.78, 5) is 0. The van der Waals surface area contributed by atoms with Gasteiger partial charge in [-0.2, -0.15) is 0 Å². The zero-order valence-electron chi connectivity index (χ0n) is 10.8. The lowest BCUT2D eigenvalue weighted by Gasteiger charge is -2.33. The van der Waals surface area contributed by atoms with Gasteiger partial charge in [-0.1, -0.05) is 13.3 Å². The van der Waals surface area contributed by atoms with Crippen molar-refractivity contribution in [2.24, 2.45) is 17.1 Å². The number of benzene rings is 1. The number of hydrogen-bond acceptors (Lipinski definition) is 2. The second-order valence-corrected chi connectivity index (χ2v) is 5.62. The summed E-state index contributed by atoms with van der Waals surface area (Å²) in [6, 6.07) is 1.70. The maximum atomic E-state index is 13.2. The highest BCUT2D eigenvalue weighted by Crippen LogP contribution is 2.49. The molecule has 0 amide bonds. The number of aliphatic hydroxyl groups is 1. The first-order valence-electron chi connectivity index (χ1n) is 6.42. The Morgan fingerprint density at radius 3 is 2.37 bits per heavy atom. The Hall–Kier alpha value is -1.07. The Morgan fingerprint density at radius 1 is 1.37 bits per heavy atom. The molecule has 1 aromatic rings. The quantitative estimate of drug-likeness (QED) is 0.832. The van der Waals surface area contributed by atoms with Gasteiger partial charge in [0.1, 0.15) is 0 Å². The molecule has 0 aromatic heterocycles. The van der Waals surface area contributed by atoms with Crippen molar-refractivity contribution in [2.45, 2.75) is 32.3 Å². The van der Waals surface area contributed by atoms with Gasteiger partial charge in [-0.3, -0.25) is 0 Å². The summed E-state index contributed by atoms with van der Waals surface area (Å²) < 4.78 is 39.4. The molecule has 0 heterocycles. The molecule has 5 heteroatoms. The molecular weight excluding hydrogens is 255 g/mol. The standard InChI is InChI=1S/C14H18F3NO/c1-8-2-3-14(6-8,7-18)13(19)9-4-10(15)12(17)11(16)5-9/h4-5,8,13,19H,2-3,6-7,18H2,1H3. The maximum absolute atomic E-state index is 13.2. The highest BCUT2D eigenvalue weighted by atomic mass is 19.2. The minimum atomic E-state index is -1.52. The first-order chi connectivity index (χ1) is 8.89. The molecule has 19 heavy (non-hydrogen) atoms. The Balaban J connectivity index is 2.35. The average Bonchev–Trinajstić information content (AvgIpc) is 2.77. The second-order valence-electron chi connectivity index (χ2n) is 5.62. The minimum absolute atomic E-state index is 0.0518. The summed E-state index contributed by atoms with van der Waals surface area (Å²) in [6.07, 6.45) is 1.24. The fourth-order valence-electron chi connectivity index (χ4n) is 3.06. The first kappa shape index (κ1) is 14.3. The molecule has 3 unspecified atom stereocenters. The van der Waals surface area contributed by atoms with Crippen LogP contribution >= 0.6 is 0 Å². The molecular formula is C14H18F3NO. The summed E-state index contributed by atoms with van der Waals surface area (Å²) in [7, 11) is 0. The highest BCUT2D eigenvalue weighted by Gasteiger charge is 2.43. The van der Waals surface area contributed by atoms with Gasteiger partial charge < -0.3 is 10.8 Å². The average molecular weight is 273 g/mol. The van der Waals surface area contributed by atoms with Gasteiger partial charge in [0.2, 0.25) is 0 Å². The van der Waals surface area contributed by atoms with Crippen molar-refractivity contribution in [2.75, 3.05) is 6.54 Å². The Morgan fingerprint density at radius 2 is 1.95 bits per heavy atom. The second kappa shape index (κ2) is 5.13. The monoisotopic (exact) mass is 273 g/mol. The SMILES string of the molecule is CC1CCC(CN)(C(O)c2cc(F)c(F)c(F)c2)C1. The van der Waals surface area contributed by atoms with Crippen molar-refractivity contribution < 1.29 is 18.3 Å². The largest absolute Gasteiger partial charge is 0.388 e. The van der Waals surface area contributed by atoms with Crippen LogP contribution in [0.5, 0.6) is 0 Å². The lowest BCUT2D eigenvalue weighted by atomic mass is 9.76. The molecule has 3 N–H and O–H groups in total. The summed E-state index contributed by atoms with van der Waals surface area (Å²) in [5.74, 6) is -3.68. The highest BCUT2D eigenvalue weighted by molar-refractivity contribution is 5.24. The van der Waals surface area contributed by atoms with E-state index in [1.807, 2.05) is 0 Å². The van der Waals surface area contributed by atoms with E-state index in [-0.39, 0.29) is 12.1 Å². The van der Waals surface area contributed by atoms with Gasteiger partial charge in [-0.15, -0.1) is 0 Å². The lowest BCUT2D eigenvalue weighted by Crippen LogP contribution is -2.34. The predicted molar refractivity (Wildman–Crippen MR) is 65.8 cm³/mol. The molecule has 0 bridgehead atoms. The van der Waals surface area contributed by atoms with E-state index in [1.54, 1.807) is 0 Å². The van der Waals surface area contributed by atoms with E-state index in [0.29, 0.717) is 18.8 Å². The van der Waals surface area contributed by atoms with E-state index in [2.05, 4.69) is 6.92 Å². The van der Waals surface area contributed by atoms with Crippen LogP contribution in [-0.4, -0.2) is 11.7 Å². The summed E-state index contributed by atoms with van der Waals surface area (Å²) >= 11 is 0. The van der Waals surface area contributed by atoms with Gasteiger partial charge in [0, 0.05) is 12.0 Å². The van der Waals surface area contributed by atoms with Crippen LogP contribution < -0.4 is 5.73 Å². The summed E-state index contributed by atoms with van der Waals surface area (Å²) in [5, 5.41) is 10.4. The zero-order chi connectivity index (χ0) is 14.2. The Kier molecular flexibility index (Phi) is 3.87. The molecule has 0 radical (unpaired) electrons. The van der Waals surface area contributed by atoms with Gasteiger partial charge in [0.05, 0.1) is 6.10 Å². The lowest BCUT2D eigenvalue weighted by molar-refractivity contribution is 0.0302. The summed E-state index contributed by atoms with van der Waals surface area (Å²) in [6.45, 7) is 2.29. The normalized spacial score (nSPS) is 28.6. The molecule has 2 nitrogen and oxygen atoms in total. The van der Waals surface area contributed by atoms with Crippen LogP contribution in [0.2, 0.25) is 0 Å². The number of rotatable bonds is 3. The predicted octanol–water partition coefficient (Wildman–Crippen LogP) is 2.90. The smallest absolute Gasteiger partial charge is 0.194 e. The third-order valence-electron chi connectivity index (χ3n) is 4.20. The first-order valence-corrected chi connectivity index (χ1v) is 6.42. The Labute approximate surface area is 110 Å². The summed E-state index contributed by atoms with van der Waals surface area (Å²) in [5.41, 5.74) is 5.23.